The molecule has 0 aromatic carbocycles. The van der Waals surface area contributed by atoms with E-state index >= 15 is 0 Å². The van der Waals surface area contributed by atoms with Crippen LogP contribution in [0.2, 0.25) is 0 Å². The maximum absolute atomic E-state index is 13.5. The number of pyridine rings is 2. The summed E-state index contributed by atoms with van der Waals surface area (Å²) in [5.74, 6) is 0.394. The number of carbonyl (C=O) groups excluding carboxylic acids is 3. The van der Waals surface area contributed by atoms with Crippen molar-refractivity contribution in [3.63, 3.8) is 0 Å². The van der Waals surface area contributed by atoms with Gasteiger partial charge in [0.05, 0.1) is 17.4 Å². The molecule has 11 nitrogen and oxygen atoms in total. The quantitative estimate of drug-likeness (QED) is 0.272. The molecular weight excluding hydrogens is 552 g/mol. The second-order valence-electron chi connectivity index (χ2n) is 9.41. The van der Waals surface area contributed by atoms with Crippen LogP contribution >= 0.6 is 15.9 Å². The molecule has 1 aliphatic rings. The number of anilines is 1. The molecule has 5 heterocycles. The first-order chi connectivity index (χ1) is 18.2. The number of nitrogens with one attached hydrogen (secondary N) is 1. The van der Waals surface area contributed by atoms with Crippen molar-refractivity contribution < 1.29 is 14.4 Å². The van der Waals surface area contributed by atoms with Gasteiger partial charge in [-0.05, 0) is 53.4 Å². The highest BCUT2D eigenvalue weighted by Gasteiger charge is 2.38. The molecule has 4 aromatic heterocycles. The summed E-state index contributed by atoms with van der Waals surface area (Å²) in [6.45, 7) is 5.54. The van der Waals surface area contributed by atoms with E-state index < -0.39 is 6.04 Å². The Kier molecular flexibility index (Phi) is 6.98. The number of amides is 2. The second-order valence-corrected chi connectivity index (χ2v) is 10.2. The van der Waals surface area contributed by atoms with Gasteiger partial charge in [-0.3, -0.25) is 24.0 Å². The number of aryl methyl sites for hydroxylation is 1. The fraction of sp³-hybridized carbons (Fsp3) is 0.308. The zero-order valence-corrected chi connectivity index (χ0v) is 22.6. The number of halogens is 1. The monoisotopic (exact) mass is 576 g/mol. The molecule has 0 bridgehead atoms. The fourth-order valence-electron chi connectivity index (χ4n) is 4.61. The van der Waals surface area contributed by atoms with E-state index in [1.165, 1.54) is 11.6 Å². The van der Waals surface area contributed by atoms with E-state index in [-0.39, 0.29) is 35.8 Å². The first kappa shape index (κ1) is 25.6. The van der Waals surface area contributed by atoms with Gasteiger partial charge >= 0.3 is 0 Å². The highest BCUT2D eigenvalue weighted by Crippen LogP contribution is 2.27. The van der Waals surface area contributed by atoms with E-state index in [4.69, 9.17) is 0 Å². The fourth-order valence-corrected chi connectivity index (χ4v) is 4.96. The summed E-state index contributed by atoms with van der Waals surface area (Å²) in [7, 11) is 0. The van der Waals surface area contributed by atoms with E-state index in [1.807, 2.05) is 6.92 Å². The summed E-state index contributed by atoms with van der Waals surface area (Å²) in [4.78, 5) is 57.7. The molecule has 1 aliphatic heterocycles. The average molecular weight is 577 g/mol. The second kappa shape index (κ2) is 10.4. The molecule has 1 N–H and O–H groups in total. The van der Waals surface area contributed by atoms with Gasteiger partial charge in [0.1, 0.15) is 34.5 Å². The van der Waals surface area contributed by atoms with Crippen LogP contribution in [0.15, 0.2) is 47.5 Å². The third kappa shape index (κ3) is 5.17. The molecule has 0 saturated carbocycles. The number of rotatable bonds is 6. The van der Waals surface area contributed by atoms with E-state index in [9.17, 15) is 14.4 Å². The topological polar surface area (TPSA) is 136 Å². The Labute approximate surface area is 226 Å². The van der Waals surface area contributed by atoms with Crippen molar-refractivity contribution in [3.05, 3.63) is 59.0 Å². The number of Topliss-reactive ketones (excluding diaryl/α,β-unsaturated/α-hetero) is 1. The smallest absolute Gasteiger partial charge is 0.248 e. The Hall–Kier alpha value is -4.06. The molecule has 2 amide bonds. The van der Waals surface area contributed by atoms with Crippen LogP contribution < -0.4 is 5.32 Å². The Bertz CT molecular complexity index is 1550. The van der Waals surface area contributed by atoms with E-state index in [2.05, 4.69) is 46.3 Å². The molecule has 12 heteroatoms. The maximum Gasteiger partial charge on any atom is 0.248 e. The average Bonchev–Trinajstić information content (AvgIpc) is 3.45. The van der Waals surface area contributed by atoms with Crippen molar-refractivity contribution in [1.82, 2.24) is 34.6 Å². The summed E-state index contributed by atoms with van der Waals surface area (Å²) >= 11 is 3.30. The SMILES string of the molecule is CC(=O)c1nn(CC(=O)N2C[C@H](C)C[C@H]2C(=O)Nc2cccc(Br)n2)c2cnc(-c3cnc(C)nc3)cc12. The highest BCUT2D eigenvalue weighted by molar-refractivity contribution is 9.10. The molecule has 5 rings (SSSR count). The lowest BCUT2D eigenvalue weighted by molar-refractivity contribution is -0.137. The van der Waals surface area contributed by atoms with Gasteiger partial charge in [0, 0.05) is 36.8 Å². The van der Waals surface area contributed by atoms with Crippen molar-refractivity contribution in [2.75, 3.05) is 11.9 Å². The molecule has 0 aliphatic carbocycles. The number of carbonyl (C=O) groups is 3. The predicted molar refractivity (Wildman–Crippen MR) is 143 cm³/mol. The summed E-state index contributed by atoms with van der Waals surface area (Å²) in [5.41, 5.74) is 2.09. The van der Waals surface area contributed by atoms with Crippen LogP contribution in [-0.2, 0) is 16.1 Å². The molecule has 38 heavy (non-hydrogen) atoms. The van der Waals surface area contributed by atoms with Crippen molar-refractivity contribution >= 4 is 50.2 Å². The van der Waals surface area contributed by atoms with Gasteiger partial charge in [0.25, 0.3) is 0 Å². The summed E-state index contributed by atoms with van der Waals surface area (Å²) in [5, 5.41) is 7.84. The number of fused-ring (bicyclic) bond motifs is 1. The van der Waals surface area contributed by atoms with Crippen molar-refractivity contribution in [3.8, 4) is 11.3 Å². The number of nitrogens with zero attached hydrogens (tertiary/aromatic N) is 7. The molecule has 2 atom stereocenters. The van der Waals surface area contributed by atoms with Crippen molar-refractivity contribution in [2.45, 2.75) is 39.8 Å². The summed E-state index contributed by atoms with van der Waals surface area (Å²) < 4.78 is 2.08. The Balaban J connectivity index is 1.41. The van der Waals surface area contributed by atoms with Crippen LogP contribution in [-0.4, -0.2) is 64.8 Å². The van der Waals surface area contributed by atoms with Gasteiger partial charge in [0.2, 0.25) is 11.8 Å². The first-order valence-corrected chi connectivity index (χ1v) is 12.9. The summed E-state index contributed by atoms with van der Waals surface area (Å²) in [6, 6.07) is 6.34. The molecule has 0 unspecified atom stereocenters. The molecule has 0 radical (unpaired) electrons. The van der Waals surface area contributed by atoms with Gasteiger partial charge in [-0.25, -0.2) is 15.0 Å². The standard InChI is InChI=1S/C26H25BrN8O3/c1-14-7-20(26(38)32-23-6-4-5-22(27)31-23)34(12-14)24(37)13-35-21-11-30-19(17-9-28-16(3)29-10-17)8-18(21)25(33-35)15(2)36/h4-6,8-11,14,20H,7,12-13H2,1-3H3,(H,31,32,38)/t14-,20+/m1/s1. The van der Waals surface area contributed by atoms with Gasteiger partial charge in [-0.1, -0.05) is 13.0 Å². The van der Waals surface area contributed by atoms with Crippen LogP contribution in [0, 0.1) is 12.8 Å². The largest absolute Gasteiger partial charge is 0.329 e. The van der Waals surface area contributed by atoms with Crippen molar-refractivity contribution in [2.24, 2.45) is 5.92 Å². The Morgan fingerprint density at radius 3 is 2.61 bits per heavy atom. The Morgan fingerprint density at radius 1 is 1.13 bits per heavy atom. The van der Waals surface area contributed by atoms with Crippen LogP contribution in [0.5, 0.6) is 0 Å². The summed E-state index contributed by atoms with van der Waals surface area (Å²) in [6.07, 6.45) is 5.46. The molecular formula is C26H25BrN8O3. The number of aromatic nitrogens is 6. The third-order valence-electron chi connectivity index (χ3n) is 6.43. The van der Waals surface area contributed by atoms with E-state index in [1.54, 1.807) is 54.7 Å². The van der Waals surface area contributed by atoms with Crippen molar-refractivity contribution in [1.29, 1.82) is 0 Å². The van der Waals surface area contributed by atoms with Crippen LogP contribution in [0.1, 0.15) is 36.6 Å². The molecule has 194 valence electrons. The maximum atomic E-state index is 13.5. The van der Waals surface area contributed by atoms with Crippen LogP contribution in [0.4, 0.5) is 5.82 Å². The van der Waals surface area contributed by atoms with Crippen LogP contribution in [0.3, 0.4) is 0 Å². The van der Waals surface area contributed by atoms with Gasteiger partial charge in [0.15, 0.2) is 5.78 Å². The molecule has 1 saturated heterocycles. The van der Waals surface area contributed by atoms with Crippen LogP contribution in [0.25, 0.3) is 22.2 Å². The van der Waals surface area contributed by atoms with Gasteiger partial charge in [-0.15, -0.1) is 0 Å². The third-order valence-corrected chi connectivity index (χ3v) is 6.87. The first-order valence-electron chi connectivity index (χ1n) is 12.1. The minimum Gasteiger partial charge on any atom is -0.329 e. The predicted octanol–water partition coefficient (Wildman–Crippen LogP) is 3.43. The van der Waals surface area contributed by atoms with E-state index in [0.29, 0.717) is 51.4 Å². The highest BCUT2D eigenvalue weighted by atomic mass is 79.9. The molecule has 1 fully saturated rings. The zero-order chi connectivity index (χ0) is 27.0. The van der Waals surface area contributed by atoms with E-state index in [0.717, 1.165) is 0 Å². The lowest BCUT2D eigenvalue weighted by Crippen LogP contribution is -2.44. The minimum atomic E-state index is -0.640. The van der Waals surface area contributed by atoms with Gasteiger partial charge < -0.3 is 10.2 Å². The number of hydrogen-bond acceptors (Lipinski definition) is 8. The molecule has 0 spiro atoms. The zero-order valence-electron chi connectivity index (χ0n) is 21.1. The number of likely N-dealkylation sites (tertiary alicyclic amines) is 1. The normalized spacial score (nSPS) is 17.1. The Morgan fingerprint density at radius 2 is 1.89 bits per heavy atom. The number of ketones is 1. The lowest BCUT2D eigenvalue weighted by atomic mass is 10.1. The lowest BCUT2D eigenvalue weighted by Gasteiger charge is -2.24. The minimum absolute atomic E-state index is 0.135. The van der Waals surface area contributed by atoms with Gasteiger partial charge in [-0.2, -0.15) is 5.10 Å². The number of hydrogen-bond donors (Lipinski definition) is 1. The molecule has 4 aromatic rings.